The highest BCUT2D eigenvalue weighted by molar-refractivity contribution is 5.80. The van der Waals surface area contributed by atoms with Crippen molar-refractivity contribution in [2.24, 2.45) is 17.6 Å². The number of nitrogens with zero attached hydrogens (tertiary/aromatic N) is 1. The second-order valence-electron chi connectivity index (χ2n) is 5.52. The first kappa shape index (κ1) is 13.2. The van der Waals surface area contributed by atoms with Crippen LogP contribution in [-0.2, 0) is 4.79 Å². The molecule has 3 amide bonds. The number of nitrogens with one attached hydrogen (secondary N) is 1. The number of urea groups is 1. The zero-order chi connectivity index (χ0) is 13.0. The maximum absolute atomic E-state index is 12.0. The predicted octanol–water partition coefficient (Wildman–Crippen LogP) is 1.08. The van der Waals surface area contributed by atoms with Gasteiger partial charge < -0.3 is 16.0 Å². The molecule has 18 heavy (non-hydrogen) atoms. The Kier molecular flexibility index (Phi) is 4.44. The third-order valence-corrected chi connectivity index (χ3v) is 4.14. The predicted molar refractivity (Wildman–Crippen MR) is 68.8 cm³/mol. The lowest BCUT2D eigenvalue weighted by Gasteiger charge is -2.30. The Hall–Kier alpha value is -1.26. The number of nitrogens with two attached hydrogens (primary N) is 1. The van der Waals surface area contributed by atoms with Gasteiger partial charge in [-0.3, -0.25) is 4.79 Å². The molecule has 5 nitrogen and oxygen atoms in total. The fraction of sp³-hybridized carbons (Fsp3) is 0.846. The number of hydrogen-bond donors (Lipinski definition) is 2. The summed E-state index contributed by atoms with van der Waals surface area (Å²) in [7, 11) is 0. The van der Waals surface area contributed by atoms with Gasteiger partial charge in [0.05, 0.1) is 5.92 Å². The van der Waals surface area contributed by atoms with Crippen LogP contribution in [-0.4, -0.2) is 36.5 Å². The van der Waals surface area contributed by atoms with Gasteiger partial charge in [0, 0.05) is 19.6 Å². The lowest BCUT2D eigenvalue weighted by Crippen LogP contribution is -2.47. The topological polar surface area (TPSA) is 75.4 Å². The molecule has 5 heteroatoms. The highest BCUT2D eigenvalue weighted by Gasteiger charge is 2.27. The first-order valence-corrected chi connectivity index (χ1v) is 6.99. The van der Waals surface area contributed by atoms with Crippen LogP contribution in [0.3, 0.4) is 0 Å². The summed E-state index contributed by atoms with van der Waals surface area (Å²) < 4.78 is 0. The SMILES string of the molecule is NC(=O)N1CCC[C@@H](C(=O)NCC2CCCC2)C1. The lowest BCUT2D eigenvalue weighted by atomic mass is 9.97. The van der Waals surface area contributed by atoms with E-state index in [0.717, 1.165) is 19.4 Å². The Morgan fingerprint density at radius 1 is 1.17 bits per heavy atom. The van der Waals surface area contributed by atoms with Gasteiger partial charge in [0.1, 0.15) is 0 Å². The molecule has 2 aliphatic rings. The van der Waals surface area contributed by atoms with Crippen LogP contribution in [0.1, 0.15) is 38.5 Å². The number of primary amides is 1. The first-order valence-electron chi connectivity index (χ1n) is 6.99. The second-order valence-corrected chi connectivity index (χ2v) is 5.52. The number of likely N-dealkylation sites (tertiary alicyclic amines) is 1. The Labute approximate surface area is 108 Å². The molecule has 0 radical (unpaired) electrons. The van der Waals surface area contributed by atoms with Crippen LogP contribution >= 0.6 is 0 Å². The molecular weight excluding hydrogens is 230 g/mol. The van der Waals surface area contributed by atoms with Crippen molar-refractivity contribution >= 4 is 11.9 Å². The summed E-state index contributed by atoms with van der Waals surface area (Å²) in [6, 6.07) is -0.414. The summed E-state index contributed by atoms with van der Waals surface area (Å²) in [6.45, 7) is 1.96. The van der Waals surface area contributed by atoms with E-state index in [1.165, 1.54) is 25.7 Å². The number of carbonyl (C=O) groups excluding carboxylic acids is 2. The molecule has 0 unspecified atom stereocenters. The van der Waals surface area contributed by atoms with E-state index >= 15 is 0 Å². The maximum Gasteiger partial charge on any atom is 0.314 e. The van der Waals surface area contributed by atoms with Crippen molar-refractivity contribution in [3.8, 4) is 0 Å². The fourth-order valence-electron chi connectivity index (χ4n) is 3.00. The van der Waals surface area contributed by atoms with Crippen LogP contribution in [0.5, 0.6) is 0 Å². The Bertz CT molecular complexity index is 313. The van der Waals surface area contributed by atoms with Crippen molar-refractivity contribution in [2.75, 3.05) is 19.6 Å². The molecule has 102 valence electrons. The third kappa shape index (κ3) is 3.37. The monoisotopic (exact) mass is 253 g/mol. The van der Waals surface area contributed by atoms with E-state index in [9.17, 15) is 9.59 Å². The Morgan fingerprint density at radius 2 is 1.89 bits per heavy atom. The summed E-state index contributed by atoms with van der Waals surface area (Å²) in [4.78, 5) is 24.7. The van der Waals surface area contributed by atoms with Crippen LogP contribution in [0, 0.1) is 11.8 Å². The van der Waals surface area contributed by atoms with Crippen molar-refractivity contribution in [2.45, 2.75) is 38.5 Å². The minimum absolute atomic E-state index is 0.0762. The van der Waals surface area contributed by atoms with Crippen molar-refractivity contribution < 1.29 is 9.59 Å². The van der Waals surface area contributed by atoms with E-state index in [4.69, 9.17) is 5.73 Å². The molecule has 0 aromatic heterocycles. The summed E-state index contributed by atoms with van der Waals surface area (Å²) in [5.41, 5.74) is 5.26. The normalized spacial score (nSPS) is 25.1. The molecule has 1 saturated carbocycles. The fourth-order valence-corrected chi connectivity index (χ4v) is 3.00. The third-order valence-electron chi connectivity index (χ3n) is 4.14. The smallest absolute Gasteiger partial charge is 0.314 e. The van der Waals surface area contributed by atoms with Crippen molar-refractivity contribution in [3.63, 3.8) is 0 Å². The summed E-state index contributed by atoms with van der Waals surface area (Å²) in [5, 5.41) is 3.04. The molecule has 3 N–H and O–H groups in total. The van der Waals surface area contributed by atoms with Gasteiger partial charge in [0.25, 0.3) is 0 Å². The van der Waals surface area contributed by atoms with Gasteiger partial charge in [0.15, 0.2) is 0 Å². The highest BCUT2D eigenvalue weighted by atomic mass is 16.2. The average Bonchev–Trinajstić information content (AvgIpc) is 2.89. The molecular formula is C13H23N3O2. The van der Waals surface area contributed by atoms with Crippen LogP contribution in [0.2, 0.25) is 0 Å². The summed E-state index contributed by atoms with van der Waals surface area (Å²) in [5.74, 6) is 0.672. The van der Waals surface area contributed by atoms with Crippen LogP contribution in [0.4, 0.5) is 4.79 Å². The van der Waals surface area contributed by atoms with Gasteiger partial charge in [0.2, 0.25) is 5.91 Å². The number of piperidine rings is 1. The molecule has 1 aliphatic heterocycles. The molecule has 1 heterocycles. The molecule has 1 aliphatic carbocycles. The Morgan fingerprint density at radius 3 is 2.56 bits per heavy atom. The van der Waals surface area contributed by atoms with Crippen LogP contribution < -0.4 is 11.1 Å². The molecule has 0 aromatic carbocycles. The number of rotatable bonds is 3. The van der Waals surface area contributed by atoms with E-state index in [1.807, 2.05) is 0 Å². The van der Waals surface area contributed by atoms with Crippen molar-refractivity contribution in [3.05, 3.63) is 0 Å². The van der Waals surface area contributed by atoms with Gasteiger partial charge in [-0.15, -0.1) is 0 Å². The van der Waals surface area contributed by atoms with Crippen LogP contribution in [0.25, 0.3) is 0 Å². The molecule has 0 spiro atoms. The second kappa shape index (κ2) is 6.07. The van der Waals surface area contributed by atoms with Gasteiger partial charge in [-0.05, 0) is 31.6 Å². The molecule has 2 rings (SSSR count). The maximum atomic E-state index is 12.0. The highest BCUT2D eigenvalue weighted by Crippen LogP contribution is 2.24. The average molecular weight is 253 g/mol. The van der Waals surface area contributed by atoms with E-state index in [-0.39, 0.29) is 11.8 Å². The minimum Gasteiger partial charge on any atom is -0.356 e. The summed E-state index contributed by atoms with van der Waals surface area (Å²) >= 11 is 0. The van der Waals surface area contributed by atoms with Gasteiger partial charge in [-0.25, -0.2) is 4.79 Å². The molecule has 2 fully saturated rings. The molecule has 0 bridgehead atoms. The summed E-state index contributed by atoms with van der Waals surface area (Å²) in [6.07, 6.45) is 6.78. The molecule has 0 aromatic rings. The first-order chi connectivity index (χ1) is 8.66. The number of hydrogen-bond acceptors (Lipinski definition) is 2. The minimum atomic E-state index is -0.414. The van der Waals surface area contributed by atoms with E-state index < -0.39 is 6.03 Å². The lowest BCUT2D eigenvalue weighted by molar-refractivity contribution is -0.126. The van der Waals surface area contributed by atoms with Crippen molar-refractivity contribution in [1.29, 1.82) is 0 Å². The largest absolute Gasteiger partial charge is 0.356 e. The van der Waals surface area contributed by atoms with Gasteiger partial charge in [-0.2, -0.15) is 0 Å². The number of carbonyl (C=O) groups is 2. The van der Waals surface area contributed by atoms with Crippen molar-refractivity contribution in [1.82, 2.24) is 10.2 Å². The van der Waals surface area contributed by atoms with Gasteiger partial charge in [-0.1, -0.05) is 12.8 Å². The van der Waals surface area contributed by atoms with E-state index in [2.05, 4.69) is 5.32 Å². The zero-order valence-electron chi connectivity index (χ0n) is 10.9. The number of amides is 3. The van der Waals surface area contributed by atoms with Crippen LogP contribution in [0.15, 0.2) is 0 Å². The Balaban J connectivity index is 1.75. The van der Waals surface area contributed by atoms with Gasteiger partial charge >= 0.3 is 6.03 Å². The van der Waals surface area contributed by atoms with E-state index in [1.54, 1.807) is 4.90 Å². The molecule has 1 saturated heterocycles. The standard InChI is InChI=1S/C13H23N3O2/c14-13(18)16-7-3-6-11(9-16)12(17)15-8-10-4-1-2-5-10/h10-11H,1-9H2,(H2,14,18)(H,15,17)/t11-/m1/s1. The zero-order valence-corrected chi connectivity index (χ0v) is 10.9. The quantitative estimate of drug-likeness (QED) is 0.789. The van der Waals surface area contributed by atoms with E-state index in [0.29, 0.717) is 19.0 Å². The molecule has 1 atom stereocenters.